The third-order valence-corrected chi connectivity index (χ3v) is 3.77. The minimum absolute atomic E-state index is 0.00830. The fraction of sp³-hybridized carbons (Fsp3) is 0.733. The highest BCUT2D eigenvalue weighted by molar-refractivity contribution is 7.80. The van der Waals surface area contributed by atoms with Crippen molar-refractivity contribution in [1.29, 1.82) is 0 Å². The molecule has 0 saturated carbocycles. The molecule has 0 aliphatic heterocycles. The summed E-state index contributed by atoms with van der Waals surface area (Å²) in [7, 11) is 0. The van der Waals surface area contributed by atoms with E-state index in [1.165, 1.54) is 6.92 Å². The van der Waals surface area contributed by atoms with Crippen LogP contribution in [-0.4, -0.2) is 70.4 Å². The second-order valence-corrected chi connectivity index (χ2v) is 6.63. The summed E-state index contributed by atoms with van der Waals surface area (Å²) in [5, 5.41) is 25.6. The number of aliphatic hydroxyl groups excluding tert-OH is 1. The van der Waals surface area contributed by atoms with E-state index in [1.807, 2.05) is 13.8 Å². The third kappa shape index (κ3) is 8.50. The second kappa shape index (κ2) is 11.7. The van der Waals surface area contributed by atoms with Crippen molar-refractivity contribution >= 4 is 36.3 Å². The number of amides is 3. The zero-order chi connectivity index (χ0) is 20.4. The number of hydrogen-bond donors (Lipinski definition) is 7. The Morgan fingerprint density at radius 2 is 1.54 bits per heavy atom. The van der Waals surface area contributed by atoms with Crippen LogP contribution >= 0.6 is 12.6 Å². The van der Waals surface area contributed by atoms with E-state index in [1.54, 1.807) is 0 Å². The first-order valence-corrected chi connectivity index (χ1v) is 8.78. The third-order valence-electron chi connectivity index (χ3n) is 3.41. The van der Waals surface area contributed by atoms with Crippen LogP contribution in [0.25, 0.3) is 0 Å². The Labute approximate surface area is 157 Å². The van der Waals surface area contributed by atoms with Gasteiger partial charge in [-0.1, -0.05) is 13.8 Å². The van der Waals surface area contributed by atoms with Gasteiger partial charge in [0.2, 0.25) is 17.7 Å². The molecular weight excluding hydrogens is 364 g/mol. The fourth-order valence-electron chi connectivity index (χ4n) is 2.07. The van der Waals surface area contributed by atoms with E-state index < -0.39 is 47.9 Å². The minimum Gasteiger partial charge on any atom is -0.480 e. The number of carboxylic acids is 1. The number of nitrogens with one attached hydrogen (secondary N) is 3. The zero-order valence-electron chi connectivity index (χ0n) is 15.1. The molecular formula is C15H28N4O6S. The summed E-state index contributed by atoms with van der Waals surface area (Å²) in [4.78, 5) is 47.2. The average Bonchev–Trinajstić information content (AvgIpc) is 2.54. The molecule has 0 aliphatic rings. The molecule has 0 aliphatic carbocycles. The van der Waals surface area contributed by atoms with Crippen molar-refractivity contribution in [2.24, 2.45) is 11.7 Å². The summed E-state index contributed by atoms with van der Waals surface area (Å²) in [6, 6.07) is -3.55. The molecule has 4 atom stereocenters. The van der Waals surface area contributed by atoms with Crippen molar-refractivity contribution in [2.45, 2.75) is 51.4 Å². The van der Waals surface area contributed by atoms with Gasteiger partial charge in [0.1, 0.15) is 12.1 Å². The summed E-state index contributed by atoms with van der Waals surface area (Å²) in [6.45, 7) is 4.57. The molecule has 26 heavy (non-hydrogen) atoms. The molecule has 0 radical (unpaired) electrons. The van der Waals surface area contributed by atoms with Crippen molar-refractivity contribution in [2.75, 3.05) is 12.3 Å². The van der Waals surface area contributed by atoms with Crippen LogP contribution < -0.4 is 21.7 Å². The Bertz CT molecular complexity index is 514. The van der Waals surface area contributed by atoms with Gasteiger partial charge < -0.3 is 31.9 Å². The molecule has 0 spiro atoms. The standard InChI is InChI=1S/C15H28N4O6S/c1-7(2)4-9(13(22)19-12(8(3)20)15(24)25)18-14(23)10(6-26)17-11(21)5-16/h7-10,12,20,26H,4-6,16H2,1-3H3,(H,17,21)(H,18,23)(H,19,22)(H,24,25). The van der Waals surface area contributed by atoms with Crippen molar-refractivity contribution in [1.82, 2.24) is 16.0 Å². The SMILES string of the molecule is CC(C)CC(NC(=O)C(CS)NC(=O)CN)C(=O)NC(C(=O)O)C(C)O. The lowest BCUT2D eigenvalue weighted by Crippen LogP contribution is -2.58. The van der Waals surface area contributed by atoms with Crippen LogP contribution in [-0.2, 0) is 19.2 Å². The van der Waals surface area contributed by atoms with Gasteiger partial charge >= 0.3 is 5.97 Å². The van der Waals surface area contributed by atoms with E-state index in [4.69, 9.17) is 10.8 Å². The van der Waals surface area contributed by atoms with Crippen molar-refractivity contribution in [3.63, 3.8) is 0 Å². The predicted octanol–water partition coefficient (Wildman–Crippen LogP) is -2.16. The summed E-state index contributed by atoms with van der Waals surface area (Å²) in [5.74, 6) is -3.35. The molecule has 4 unspecified atom stereocenters. The zero-order valence-corrected chi connectivity index (χ0v) is 16.0. The van der Waals surface area contributed by atoms with Crippen LogP contribution in [0.1, 0.15) is 27.2 Å². The molecule has 0 bridgehead atoms. The first kappa shape index (κ1) is 24.1. The van der Waals surface area contributed by atoms with Crippen LogP contribution in [0.15, 0.2) is 0 Å². The van der Waals surface area contributed by atoms with Gasteiger partial charge in [-0.15, -0.1) is 0 Å². The molecule has 0 aromatic carbocycles. The van der Waals surface area contributed by atoms with Gasteiger partial charge in [0, 0.05) is 5.75 Å². The number of aliphatic hydroxyl groups is 1. The van der Waals surface area contributed by atoms with Gasteiger partial charge in [-0.05, 0) is 19.3 Å². The number of nitrogens with two attached hydrogens (primary N) is 1. The molecule has 3 amide bonds. The topological polar surface area (TPSA) is 171 Å². The lowest BCUT2D eigenvalue weighted by Gasteiger charge is -2.25. The molecule has 0 saturated heterocycles. The molecule has 11 heteroatoms. The number of rotatable bonds is 11. The first-order valence-electron chi connectivity index (χ1n) is 8.15. The van der Waals surface area contributed by atoms with Crippen LogP contribution in [0.3, 0.4) is 0 Å². The number of aliphatic carboxylic acids is 1. The quantitative estimate of drug-likeness (QED) is 0.196. The maximum atomic E-state index is 12.4. The van der Waals surface area contributed by atoms with E-state index in [-0.39, 0.29) is 24.6 Å². The second-order valence-electron chi connectivity index (χ2n) is 6.26. The summed E-state index contributed by atoms with van der Waals surface area (Å²) in [5.41, 5.74) is 5.19. The van der Waals surface area contributed by atoms with E-state index in [2.05, 4.69) is 28.6 Å². The Kier molecular flexibility index (Phi) is 10.9. The summed E-state index contributed by atoms with van der Waals surface area (Å²) >= 11 is 3.99. The molecule has 0 fully saturated rings. The van der Waals surface area contributed by atoms with Crippen LogP contribution in [0.2, 0.25) is 0 Å². The molecule has 0 aromatic heterocycles. The number of hydrogen-bond acceptors (Lipinski definition) is 7. The van der Waals surface area contributed by atoms with Gasteiger partial charge in [-0.2, -0.15) is 12.6 Å². The Morgan fingerprint density at radius 1 is 1.00 bits per heavy atom. The molecule has 7 N–H and O–H groups in total. The highest BCUT2D eigenvalue weighted by Crippen LogP contribution is 2.07. The normalized spacial score (nSPS) is 15.5. The molecule has 0 heterocycles. The van der Waals surface area contributed by atoms with Gasteiger partial charge in [0.05, 0.1) is 12.6 Å². The van der Waals surface area contributed by atoms with E-state index in [0.29, 0.717) is 0 Å². The molecule has 0 aromatic rings. The maximum Gasteiger partial charge on any atom is 0.328 e. The van der Waals surface area contributed by atoms with Gasteiger partial charge in [-0.3, -0.25) is 14.4 Å². The van der Waals surface area contributed by atoms with E-state index in [0.717, 1.165) is 0 Å². The average molecular weight is 392 g/mol. The highest BCUT2D eigenvalue weighted by Gasteiger charge is 2.31. The number of carbonyl (C=O) groups excluding carboxylic acids is 3. The number of carbonyl (C=O) groups is 4. The van der Waals surface area contributed by atoms with Crippen LogP contribution in [0, 0.1) is 5.92 Å². The Balaban J connectivity index is 5.17. The van der Waals surface area contributed by atoms with Gasteiger partial charge in [-0.25, -0.2) is 4.79 Å². The van der Waals surface area contributed by atoms with Gasteiger partial charge in [0.25, 0.3) is 0 Å². The maximum absolute atomic E-state index is 12.4. The summed E-state index contributed by atoms with van der Waals surface area (Å²) < 4.78 is 0. The van der Waals surface area contributed by atoms with E-state index >= 15 is 0 Å². The largest absolute Gasteiger partial charge is 0.480 e. The summed E-state index contributed by atoms with van der Waals surface area (Å²) in [6.07, 6.45) is -1.09. The molecule has 150 valence electrons. The predicted molar refractivity (Wildman–Crippen MR) is 97.5 cm³/mol. The lowest BCUT2D eigenvalue weighted by molar-refractivity contribution is -0.145. The van der Waals surface area contributed by atoms with Crippen molar-refractivity contribution in [3.05, 3.63) is 0 Å². The smallest absolute Gasteiger partial charge is 0.328 e. The highest BCUT2D eigenvalue weighted by atomic mass is 32.1. The first-order chi connectivity index (χ1) is 12.0. The monoisotopic (exact) mass is 392 g/mol. The van der Waals surface area contributed by atoms with Gasteiger partial charge in [0.15, 0.2) is 6.04 Å². The molecule has 0 rings (SSSR count). The van der Waals surface area contributed by atoms with Crippen molar-refractivity contribution < 1.29 is 29.4 Å². The Hall–Kier alpha value is -1.85. The Morgan fingerprint density at radius 3 is 1.92 bits per heavy atom. The van der Waals surface area contributed by atoms with E-state index in [9.17, 15) is 24.3 Å². The van der Waals surface area contributed by atoms with Crippen molar-refractivity contribution in [3.8, 4) is 0 Å². The molecule has 10 nitrogen and oxygen atoms in total. The van der Waals surface area contributed by atoms with Crippen LogP contribution in [0.4, 0.5) is 0 Å². The lowest BCUT2D eigenvalue weighted by atomic mass is 10.0. The fourth-order valence-corrected chi connectivity index (χ4v) is 2.32. The minimum atomic E-state index is -1.51. The number of thiol groups is 1. The number of carboxylic acid groups (broad SMARTS) is 1. The van der Waals surface area contributed by atoms with Crippen LogP contribution in [0.5, 0.6) is 0 Å².